The molecule has 0 atom stereocenters. The Morgan fingerprint density at radius 1 is 0.800 bits per heavy atom. The maximum Gasteiger partial charge on any atom is 0.266 e. The minimum atomic E-state index is 0.00892. The zero-order valence-corrected chi connectivity index (χ0v) is 23.4. The molecule has 9 rings (SSSR count). The largest absolute Gasteiger partial charge is 0.506 e. The zero-order chi connectivity index (χ0) is 26.5. The summed E-state index contributed by atoms with van der Waals surface area (Å²) in [4.78, 5) is 17.5. The molecule has 0 unspecified atom stereocenters. The van der Waals surface area contributed by atoms with E-state index < -0.39 is 0 Å². The quantitative estimate of drug-likeness (QED) is 0.167. The van der Waals surface area contributed by atoms with Crippen LogP contribution in [0.15, 0.2) is 105 Å². The van der Waals surface area contributed by atoms with Crippen LogP contribution in [0.2, 0.25) is 0 Å². The molecular formula is C34H25N2O2S2+. The van der Waals surface area contributed by atoms with Crippen molar-refractivity contribution in [2.45, 2.75) is 37.1 Å². The third kappa shape index (κ3) is 3.09. The molecule has 4 aliphatic rings. The Bertz CT molecular complexity index is 2080. The van der Waals surface area contributed by atoms with Gasteiger partial charge in [-0.25, -0.2) is 0 Å². The second-order valence-electron chi connectivity index (χ2n) is 11.0. The molecular weight excluding hydrogens is 533 g/mol. The van der Waals surface area contributed by atoms with Gasteiger partial charge in [0.05, 0.1) is 27.4 Å². The van der Waals surface area contributed by atoms with Gasteiger partial charge in [-0.15, -0.1) is 0 Å². The highest BCUT2D eigenvalue weighted by Crippen LogP contribution is 2.54. The maximum absolute atomic E-state index is 13.9. The third-order valence-electron chi connectivity index (χ3n) is 8.80. The number of thioether (sulfide) groups is 1. The standard InChI is InChI=1S/C34H24N2O2S2/c37-31-29(23-11-5-13-35-25-15-19-7-1-3-9-21(19)17-27(25)39-33(23)35)32(38)30(31)24-12-6-14-36-26-16-20-8-2-4-10-22(20)18-28(26)40-34(24)36/h1-4,7-10,15-18H,5-6,11-14H2/p+1. The number of fused-ring (bicyclic) bond motifs is 8. The lowest BCUT2D eigenvalue weighted by molar-refractivity contribution is -0.672. The lowest BCUT2D eigenvalue weighted by atomic mass is 9.78. The summed E-state index contributed by atoms with van der Waals surface area (Å²) in [7, 11) is 0. The zero-order valence-electron chi connectivity index (χ0n) is 21.7. The van der Waals surface area contributed by atoms with E-state index in [0.717, 1.165) is 60.0 Å². The Hall–Kier alpha value is -3.87. The number of aliphatic hydroxyl groups excluding tert-OH is 1. The van der Waals surface area contributed by atoms with Gasteiger partial charge in [-0.05, 0) is 64.6 Å². The van der Waals surface area contributed by atoms with E-state index in [1.54, 1.807) is 23.1 Å². The molecule has 5 aromatic rings. The summed E-state index contributed by atoms with van der Waals surface area (Å²) in [5.41, 5.74) is 5.52. The highest BCUT2D eigenvalue weighted by atomic mass is 32.2. The van der Waals surface area contributed by atoms with Gasteiger partial charge >= 0.3 is 0 Å². The topological polar surface area (TPSA) is 44.4 Å². The van der Waals surface area contributed by atoms with Gasteiger partial charge in [0.1, 0.15) is 10.5 Å². The molecule has 194 valence electrons. The molecule has 6 heteroatoms. The fraction of sp³-hybridized carbons (Fsp3) is 0.176. The van der Waals surface area contributed by atoms with Crippen LogP contribution in [0.1, 0.15) is 30.7 Å². The van der Waals surface area contributed by atoms with E-state index in [1.807, 2.05) is 0 Å². The number of aliphatic hydroxyl groups is 1. The second kappa shape index (κ2) is 8.32. The number of rotatable bonds is 1. The fourth-order valence-electron chi connectivity index (χ4n) is 6.90. The van der Waals surface area contributed by atoms with Crippen molar-refractivity contribution >= 4 is 71.9 Å². The molecule has 0 radical (unpaired) electrons. The van der Waals surface area contributed by atoms with Crippen molar-refractivity contribution in [1.29, 1.82) is 0 Å². The van der Waals surface area contributed by atoms with E-state index in [2.05, 4.69) is 82.3 Å². The summed E-state index contributed by atoms with van der Waals surface area (Å²) in [5, 5.41) is 18.7. The molecule has 40 heavy (non-hydrogen) atoms. The second-order valence-corrected chi connectivity index (χ2v) is 13.1. The molecule has 1 N–H and O–H groups in total. The highest BCUT2D eigenvalue weighted by Gasteiger charge is 2.45. The van der Waals surface area contributed by atoms with Crippen molar-refractivity contribution in [3.8, 4) is 0 Å². The van der Waals surface area contributed by atoms with Gasteiger partial charge in [0, 0.05) is 23.9 Å². The van der Waals surface area contributed by atoms with Gasteiger partial charge in [0.25, 0.3) is 5.01 Å². The third-order valence-corrected chi connectivity index (χ3v) is 11.2. The van der Waals surface area contributed by atoms with Gasteiger partial charge in [0.2, 0.25) is 11.3 Å². The Morgan fingerprint density at radius 3 is 2.27 bits per heavy atom. The number of aromatic nitrogens is 1. The van der Waals surface area contributed by atoms with E-state index in [1.165, 1.54) is 42.3 Å². The van der Waals surface area contributed by atoms with Gasteiger partial charge < -0.3 is 10.0 Å². The number of ketones is 1. The van der Waals surface area contributed by atoms with Crippen molar-refractivity contribution < 1.29 is 14.5 Å². The Balaban J connectivity index is 1.17. The number of nitrogens with zero attached hydrogens (tertiary/aromatic N) is 2. The molecule has 3 aliphatic heterocycles. The number of hydrogen-bond acceptors (Lipinski definition) is 5. The summed E-state index contributed by atoms with van der Waals surface area (Å²) in [5.74, 6) is 0.205. The first-order chi connectivity index (χ1) is 19.7. The number of carbonyl (C=O) groups is 1. The summed E-state index contributed by atoms with van der Waals surface area (Å²) in [6, 6.07) is 26.0. The predicted octanol–water partition coefficient (Wildman–Crippen LogP) is 8.06. The number of carbonyl (C=O) groups excluding carboxylic acids is 1. The monoisotopic (exact) mass is 557 g/mol. The van der Waals surface area contributed by atoms with Crippen LogP contribution in [-0.4, -0.2) is 17.4 Å². The van der Waals surface area contributed by atoms with E-state index >= 15 is 0 Å². The number of thiazole rings is 1. The minimum absolute atomic E-state index is 0.00892. The number of benzene rings is 4. The van der Waals surface area contributed by atoms with Gasteiger partial charge in [0.15, 0.2) is 6.54 Å². The van der Waals surface area contributed by atoms with Crippen LogP contribution in [0.5, 0.6) is 0 Å². The normalized spacial score (nSPS) is 20.4. The average Bonchev–Trinajstić information content (AvgIpc) is 3.53. The van der Waals surface area contributed by atoms with Crippen LogP contribution < -0.4 is 9.47 Å². The molecule has 4 aromatic carbocycles. The molecule has 0 fully saturated rings. The van der Waals surface area contributed by atoms with Crippen molar-refractivity contribution in [3.63, 3.8) is 0 Å². The number of hydrogen-bond donors (Lipinski definition) is 1. The Labute approximate surface area is 239 Å². The lowest BCUT2D eigenvalue weighted by Gasteiger charge is -2.32. The average molecular weight is 558 g/mol. The van der Waals surface area contributed by atoms with Crippen molar-refractivity contribution in [2.24, 2.45) is 0 Å². The van der Waals surface area contributed by atoms with Crippen LogP contribution in [0, 0.1) is 0 Å². The van der Waals surface area contributed by atoms with Crippen molar-refractivity contribution in [1.82, 2.24) is 0 Å². The summed E-state index contributed by atoms with van der Waals surface area (Å²) >= 11 is 3.49. The smallest absolute Gasteiger partial charge is 0.266 e. The molecule has 1 aliphatic carbocycles. The number of allylic oxidation sites excluding steroid dienone is 4. The van der Waals surface area contributed by atoms with Crippen LogP contribution in [-0.2, 0) is 11.3 Å². The van der Waals surface area contributed by atoms with E-state index in [-0.39, 0.29) is 11.5 Å². The molecule has 4 heterocycles. The maximum atomic E-state index is 13.9. The number of Topliss-reactive ketones (excluding diaryl/α,β-unsaturated/α-hetero) is 1. The first-order valence-electron chi connectivity index (χ1n) is 13.9. The van der Waals surface area contributed by atoms with Crippen molar-refractivity contribution in [3.05, 3.63) is 105 Å². The minimum Gasteiger partial charge on any atom is -0.506 e. The van der Waals surface area contributed by atoms with Gasteiger partial charge in [-0.3, -0.25) is 4.79 Å². The summed E-state index contributed by atoms with van der Waals surface area (Å²) in [6.45, 7) is 1.87. The molecule has 0 saturated carbocycles. The molecule has 4 nitrogen and oxygen atoms in total. The van der Waals surface area contributed by atoms with Crippen LogP contribution in [0.3, 0.4) is 0 Å². The fourth-order valence-corrected chi connectivity index (χ4v) is 9.49. The molecule has 0 amide bonds. The molecule has 0 bridgehead atoms. The van der Waals surface area contributed by atoms with E-state index in [9.17, 15) is 9.90 Å². The van der Waals surface area contributed by atoms with E-state index in [4.69, 9.17) is 0 Å². The highest BCUT2D eigenvalue weighted by molar-refractivity contribution is 8.03. The lowest BCUT2D eigenvalue weighted by Crippen LogP contribution is -2.40. The van der Waals surface area contributed by atoms with Crippen LogP contribution in [0.4, 0.5) is 5.69 Å². The number of aryl methyl sites for hydroxylation is 1. The van der Waals surface area contributed by atoms with E-state index in [0.29, 0.717) is 11.1 Å². The number of anilines is 1. The summed E-state index contributed by atoms with van der Waals surface area (Å²) < 4.78 is 3.58. The molecule has 0 spiro atoms. The molecule has 1 aromatic heterocycles. The summed E-state index contributed by atoms with van der Waals surface area (Å²) in [6.07, 6.45) is 3.56. The first kappa shape index (κ1) is 22.9. The van der Waals surface area contributed by atoms with Crippen molar-refractivity contribution in [2.75, 3.05) is 11.4 Å². The Kier molecular flexibility index (Phi) is 4.76. The van der Waals surface area contributed by atoms with Crippen LogP contribution >= 0.6 is 23.1 Å². The van der Waals surface area contributed by atoms with Gasteiger partial charge in [-0.2, -0.15) is 4.57 Å². The first-order valence-corrected chi connectivity index (χ1v) is 15.6. The Morgan fingerprint density at radius 2 is 1.50 bits per heavy atom. The SMILES string of the molecule is O=C1C(C2=C3Sc4cc5ccccc5cc4N3CCC2)=C(O)/C1=C1/CCC[n+]2c1sc1cc3ccccc3cc12. The predicted molar refractivity (Wildman–Crippen MR) is 164 cm³/mol. The molecule has 0 saturated heterocycles. The van der Waals surface area contributed by atoms with Gasteiger partial charge in [-0.1, -0.05) is 71.6 Å². The van der Waals surface area contributed by atoms with Crippen LogP contribution in [0.25, 0.3) is 37.3 Å².